The SMILES string of the molecule is CCOC(=O)C1=NN(c2ccc(OC)cc2)[C@H](C(=O)O)C1. The molecule has 1 heterocycles. The molecule has 0 spiro atoms. The zero-order chi connectivity index (χ0) is 15.4. The van der Waals surface area contributed by atoms with Crippen molar-refractivity contribution in [1.82, 2.24) is 0 Å². The number of carboxylic acid groups (broad SMARTS) is 1. The molecule has 1 aromatic carbocycles. The number of carboxylic acids is 1. The maximum absolute atomic E-state index is 11.7. The Morgan fingerprint density at radius 2 is 2.05 bits per heavy atom. The molecule has 0 unspecified atom stereocenters. The molecule has 7 nitrogen and oxygen atoms in total. The van der Waals surface area contributed by atoms with Crippen LogP contribution in [0, 0.1) is 0 Å². The third-order valence-electron chi connectivity index (χ3n) is 3.04. The maximum Gasteiger partial charge on any atom is 0.354 e. The van der Waals surface area contributed by atoms with Crippen LogP contribution in [0.4, 0.5) is 5.69 Å². The van der Waals surface area contributed by atoms with Gasteiger partial charge >= 0.3 is 11.9 Å². The lowest BCUT2D eigenvalue weighted by molar-refractivity contribution is -0.138. The molecule has 0 aromatic heterocycles. The molecule has 0 saturated heterocycles. The van der Waals surface area contributed by atoms with Crippen molar-refractivity contribution in [2.75, 3.05) is 18.7 Å². The third-order valence-corrected chi connectivity index (χ3v) is 3.04. The Kier molecular flexibility index (Phi) is 4.42. The molecule has 0 saturated carbocycles. The quantitative estimate of drug-likeness (QED) is 0.822. The first kappa shape index (κ1) is 14.8. The van der Waals surface area contributed by atoms with Gasteiger partial charge < -0.3 is 14.6 Å². The van der Waals surface area contributed by atoms with Crippen molar-refractivity contribution < 1.29 is 24.2 Å². The number of hydrogen-bond acceptors (Lipinski definition) is 6. The lowest BCUT2D eigenvalue weighted by atomic mass is 10.1. The van der Waals surface area contributed by atoms with Crippen molar-refractivity contribution in [1.29, 1.82) is 0 Å². The standard InChI is InChI=1S/C14H16N2O5/c1-3-21-14(19)11-8-12(13(17)18)16(15-11)9-4-6-10(20-2)7-5-9/h4-7,12H,3,8H2,1-2H3,(H,17,18)/t12-/m0/s1. The van der Waals surface area contributed by atoms with Crippen LogP contribution >= 0.6 is 0 Å². The van der Waals surface area contributed by atoms with Crippen molar-refractivity contribution in [3.05, 3.63) is 24.3 Å². The van der Waals surface area contributed by atoms with Gasteiger partial charge in [-0.1, -0.05) is 0 Å². The summed E-state index contributed by atoms with van der Waals surface area (Å²) < 4.78 is 9.92. The van der Waals surface area contributed by atoms with Crippen molar-refractivity contribution in [3.8, 4) is 5.75 Å². The molecule has 1 atom stereocenters. The van der Waals surface area contributed by atoms with E-state index in [1.165, 1.54) is 5.01 Å². The Morgan fingerprint density at radius 3 is 2.57 bits per heavy atom. The Morgan fingerprint density at radius 1 is 1.38 bits per heavy atom. The number of methoxy groups -OCH3 is 1. The van der Waals surface area contributed by atoms with Gasteiger partial charge in [-0.05, 0) is 31.2 Å². The van der Waals surface area contributed by atoms with Crippen LogP contribution in [0.1, 0.15) is 13.3 Å². The number of hydrazone groups is 1. The number of nitrogens with zero attached hydrogens (tertiary/aromatic N) is 2. The molecule has 0 amide bonds. The second kappa shape index (κ2) is 6.25. The molecule has 7 heteroatoms. The predicted molar refractivity (Wildman–Crippen MR) is 75.6 cm³/mol. The number of aliphatic carboxylic acids is 1. The van der Waals surface area contributed by atoms with Gasteiger partial charge in [0.2, 0.25) is 0 Å². The first-order valence-corrected chi connectivity index (χ1v) is 6.47. The second-order valence-electron chi connectivity index (χ2n) is 4.37. The summed E-state index contributed by atoms with van der Waals surface area (Å²) in [5.41, 5.74) is 0.683. The Hall–Kier alpha value is -2.57. The molecule has 112 valence electrons. The molecule has 0 bridgehead atoms. The summed E-state index contributed by atoms with van der Waals surface area (Å²) >= 11 is 0. The number of benzene rings is 1. The van der Waals surface area contributed by atoms with E-state index in [2.05, 4.69) is 5.10 Å². The van der Waals surface area contributed by atoms with Crippen LogP contribution in [0.25, 0.3) is 0 Å². The number of hydrogen-bond donors (Lipinski definition) is 1. The Labute approximate surface area is 121 Å². The molecular formula is C14H16N2O5. The summed E-state index contributed by atoms with van der Waals surface area (Å²) in [6.07, 6.45) is 0.0141. The van der Waals surface area contributed by atoms with Gasteiger partial charge in [0.05, 0.1) is 19.4 Å². The minimum Gasteiger partial charge on any atom is -0.497 e. The smallest absolute Gasteiger partial charge is 0.354 e. The summed E-state index contributed by atoms with van der Waals surface area (Å²) in [4.78, 5) is 23.0. The molecule has 1 aromatic rings. The summed E-state index contributed by atoms with van der Waals surface area (Å²) in [6.45, 7) is 1.90. The molecule has 1 aliphatic rings. The van der Waals surface area contributed by atoms with Crippen molar-refractivity contribution in [2.45, 2.75) is 19.4 Å². The second-order valence-corrected chi connectivity index (χ2v) is 4.37. The van der Waals surface area contributed by atoms with Crippen LogP contribution in [0.5, 0.6) is 5.75 Å². The maximum atomic E-state index is 11.7. The van der Waals surface area contributed by atoms with Crippen LogP contribution in [0.3, 0.4) is 0 Å². The highest BCUT2D eigenvalue weighted by Crippen LogP contribution is 2.27. The van der Waals surface area contributed by atoms with Gasteiger partial charge in [-0.3, -0.25) is 5.01 Å². The molecule has 0 aliphatic carbocycles. The summed E-state index contributed by atoms with van der Waals surface area (Å²) in [6, 6.07) is 5.86. The Balaban J connectivity index is 2.28. The van der Waals surface area contributed by atoms with E-state index in [-0.39, 0.29) is 18.7 Å². The van der Waals surface area contributed by atoms with Gasteiger partial charge in [-0.25, -0.2) is 9.59 Å². The number of carbonyl (C=O) groups excluding carboxylic acids is 1. The van der Waals surface area contributed by atoms with E-state index in [0.29, 0.717) is 11.4 Å². The molecule has 1 aliphatic heterocycles. The fraction of sp³-hybridized carbons (Fsp3) is 0.357. The van der Waals surface area contributed by atoms with E-state index in [0.717, 1.165) is 0 Å². The number of esters is 1. The number of rotatable bonds is 5. The molecule has 0 radical (unpaired) electrons. The topological polar surface area (TPSA) is 88.4 Å². The van der Waals surface area contributed by atoms with Crippen molar-refractivity contribution >= 4 is 23.3 Å². The molecule has 0 fully saturated rings. The minimum atomic E-state index is -1.05. The van der Waals surface area contributed by atoms with Gasteiger partial charge in [0, 0.05) is 6.42 Å². The largest absolute Gasteiger partial charge is 0.497 e. The highest BCUT2D eigenvalue weighted by Gasteiger charge is 2.36. The zero-order valence-electron chi connectivity index (χ0n) is 11.8. The molecule has 2 rings (SSSR count). The summed E-state index contributed by atoms with van der Waals surface area (Å²) in [5.74, 6) is -0.979. The van der Waals surface area contributed by atoms with Crippen LogP contribution in [0.15, 0.2) is 29.4 Å². The summed E-state index contributed by atoms with van der Waals surface area (Å²) in [7, 11) is 1.54. The van der Waals surface area contributed by atoms with E-state index in [1.54, 1.807) is 38.3 Å². The van der Waals surface area contributed by atoms with Crippen LogP contribution in [-0.4, -0.2) is 42.5 Å². The fourth-order valence-corrected chi connectivity index (χ4v) is 2.01. The zero-order valence-corrected chi connectivity index (χ0v) is 11.8. The molecular weight excluding hydrogens is 276 g/mol. The van der Waals surface area contributed by atoms with Gasteiger partial charge in [-0.2, -0.15) is 5.10 Å². The lowest BCUT2D eigenvalue weighted by Crippen LogP contribution is -2.34. The molecule has 21 heavy (non-hydrogen) atoms. The van der Waals surface area contributed by atoms with Crippen LogP contribution in [0.2, 0.25) is 0 Å². The highest BCUT2D eigenvalue weighted by molar-refractivity contribution is 6.38. The number of ether oxygens (including phenoxy) is 2. The lowest BCUT2D eigenvalue weighted by Gasteiger charge is -2.20. The van der Waals surface area contributed by atoms with Gasteiger partial charge in [0.25, 0.3) is 0 Å². The normalized spacial score (nSPS) is 17.3. The average molecular weight is 292 g/mol. The van der Waals surface area contributed by atoms with Crippen molar-refractivity contribution in [3.63, 3.8) is 0 Å². The predicted octanol–water partition coefficient (Wildman–Crippen LogP) is 1.28. The van der Waals surface area contributed by atoms with Gasteiger partial charge in [-0.15, -0.1) is 0 Å². The van der Waals surface area contributed by atoms with E-state index in [1.807, 2.05) is 0 Å². The highest BCUT2D eigenvalue weighted by atomic mass is 16.5. The first-order valence-electron chi connectivity index (χ1n) is 6.47. The van der Waals surface area contributed by atoms with Crippen LogP contribution in [-0.2, 0) is 14.3 Å². The van der Waals surface area contributed by atoms with E-state index < -0.39 is 18.0 Å². The monoisotopic (exact) mass is 292 g/mol. The fourth-order valence-electron chi connectivity index (χ4n) is 2.01. The third kappa shape index (κ3) is 3.13. The van der Waals surface area contributed by atoms with Gasteiger partial charge in [0.15, 0.2) is 6.04 Å². The molecule has 1 N–H and O–H groups in total. The number of anilines is 1. The van der Waals surface area contributed by atoms with E-state index in [9.17, 15) is 14.7 Å². The average Bonchev–Trinajstić information content (AvgIpc) is 2.93. The van der Waals surface area contributed by atoms with Crippen LogP contribution < -0.4 is 9.75 Å². The first-order chi connectivity index (χ1) is 10.1. The van der Waals surface area contributed by atoms with Gasteiger partial charge in [0.1, 0.15) is 11.5 Å². The Bertz CT molecular complexity index is 567. The van der Waals surface area contributed by atoms with E-state index >= 15 is 0 Å². The van der Waals surface area contributed by atoms with E-state index in [4.69, 9.17) is 9.47 Å². The van der Waals surface area contributed by atoms with Crippen molar-refractivity contribution in [2.24, 2.45) is 5.10 Å². The minimum absolute atomic E-state index is 0.0141. The summed E-state index contributed by atoms with van der Waals surface area (Å²) in [5, 5.41) is 14.7. The number of carbonyl (C=O) groups is 2.